The molecular weight excluding hydrogens is 400 g/mol. The Labute approximate surface area is 200 Å². The summed E-state index contributed by atoms with van der Waals surface area (Å²) in [7, 11) is 0. The highest BCUT2D eigenvalue weighted by Gasteiger charge is 2.23. The highest BCUT2D eigenvalue weighted by molar-refractivity contribution is 5.73. The number of rotatable bonds is 10. The van der Waals surface area contributed by atoms with E-state index in [1.54, 1.807) is 0 Å². The minimum absolute atomic E-state index is 0.616. The number of allylic oxidation sites excluding steroid dienone is 1. The number of unbranched alkanes of at least 4 members (excludes halogenated alkanes) is 2. The summed E-state index contributed by atoms with van der Waals surface area (Å²) < 4.78 is 6.00. The van der Waals surface area contributed by atoms with Gasteiger partial charge in [0.05, 0.1) is 6.61 Å². The third-order valence-corrected chi connectivity index (χ3v) is 7.12. The molecule has 0 atom stereocenters. The van der Waals surface area contributed by atoms with Crippen LogP contribution in [-0.4, -0.2) is 6.61 Å². The predicted octanol–water partition coefficient (Wildman–Crippen LogP) is 9.19. The Morgan fingerprint density at radius 1 is 0.818 bits per heavy atom. The van der Waals surface area contributed by atoms with E-state index in [0.29, 0.717) is 18.4 Å². The zero-order chi connectivity index (χ0) is 22.9. The molecule has 1 aliphatic carbocycles. The van der Waals surface area contributed by atoms with Gasteiger partial charge in [-0.15, -0.1) is 6.58 Å². The molecule has 0 spiro atoms. The summed E-state index contributed by atoms with van der Waals surface area (Å²) in [6.07, 6.45) is 10.8. The van der Waals surface area contributed by atoms with Crippen molar-refractivity contribution in [2.24, 2.45) is 5.92 Å². The summed E-state index contributed by atoms with van der Waals surface area (Å²) in [5.41, 5.74) is 8.03. The highest BCUT2D eigenvalue weighted by Crippen LogP contribution is 2.41. The molecule has 0 N–H and O–H groups in total. The van der Waals surface area contributed by atoms with Crippen LogP contribution in [0.5, 0.6) is 0 Å². The van der Waals surface area contributed by atoms with Gasteiger partial charge in [-0.05, 0) is 77.3 Å². The van der Waals surface area contributed by atoms with Gasteiger partial charge < -0.3 is 4.74 Å². The van der Waals surface area contributed by atoms with E-state index in [0.717, 1.165) is 13.0 Å². The van der Waals surface area contributed by atoms with Gasteiger partial charge in [0.2, 0.25) is 0 Å². The normalized spacial score (nSPS) is 18.2. The van der Waals surface area contributed by atoms with Gasteiger partial charge in [0.25, 0.3) is 0 Å². The van der Waals surface area contributed by atoms with E-state index in [4.69, 9.17) is 4.74 Å². The minimum Gasteiger partial charge on any atom is -0.377 e. The van der Waals surface area contributed by atoms with Crippen molar-refractivity contribution in [3.63, 3.8) is 0 Å². The quantitative estimate of drug-likeness (QED) is 0.226. The molecule has 33 heavy (non-hydrogen) atoms. The molecule has 0 heterocycles. The smallest absolute Gasteiger partial charge is 0.0716 e. The van der Waals surface area contributed by atoms with Crippen LogP contribution in [0.1, 0.15) is 68.9 Å². The first-order valence-corrected chi connectivity index (χ1v) is 12.8. The summed E-state index contributed by atoms with van der Waals surface area (Å²) in [6, 6.07) is 26.7. The fraction of sp³-hybridized carbons (Fsp3) is 0.375. The van der Waals surface area contributed by atoms with E-state index >= 15 is 0 Å². The Bertz CT molecular complexity index is 994. The lowest BCUT2D eigenvalue weighted by atomic mass is 9.76. The second kappa shape index (κ2) is 12.0. The van der Waals surface area contributed by atoms with Crippen LogP contribution in [-0.2, 0) is 11.3 Å². The van der Waals surface area contributed by atoms with Crippen molar-refractivity contribution < 1.29 is 4.74 Å². The van der Waals surface area contributed by atoms with Crippen LogP contribution >= 0.6 is 0 Å². The molecule has 3 aromatic carbocycles. The second-order valence-electron chi connectivity index (χ2n) is 9.47. The van der Waals surface area contributed by atoms with Crippen molar-refractivity contribution >= 4 is 0 Å². The molecule has 0 unspecified atom stereocenters. The van der Waals surface area contributed by atoms with Crippen molar-refractivity contribution in [3.05, 3.63) is 96.6 Å². The van der Waals surface area contributed by atoms with E-state index in [9.17, 15) is 0 Å². The lowest BCUT2D eigenvalue weighted by Crippen LogP contribution is -2.13. The highest BCUT2D eigenvalue weighted by atomic mass is 16.5. The van der Waals surface area contributed by atoms with Crippen LogP contribution in [0.25, 0.3) is 22.3 Å². The molecule has 0 aliphatic heterocycles. The Kier molecular flexibility index (Phi) is 8.55. The van der Waals surface area contributed by atoms with Crippen LogP contribution in [0, 0.1) is 5.92 Å². The zero-order valence-corrected chi connectivity index (χ0v) is 20.1. The standard InChI is InChI=1S/C32H38O/c1-3-5-9-22-33-24-26-14-21-31(32(23-26)30-15-12-25(4-2)13-16-30)29-19-17-28(18-20-29)27-10-7-6-8-11-27/h4,6-8,10-11,14,17-21,23,25,30H,2-3,5,9,12-13,15-16,22,24H2,1H3. The number of benzene rings is 3. The molecule has 0 bridgehead atoms. The van der Waals surface area contributed by atoms with Gasteiger partial charge in [-0.2, -0.15) is 0 Å². The summed E-state index contributed by atoms with van der Waals surface area (Å²) in [5.74, 6) is 1.30. The SMILES string of the molecule is C=CC1CCC(c2cc(COCCCCC)ccc2-c2ccc(-c3ccccc3)cc2)CC1. The van der Waals surface area contributed by atoms with E-state index < -0.39 is 0 Å². The van der Waals surface area contributed by atoms with Crippen LogP contribution in [0.4, 0.5) is 0 Å². The van der Waals surface area contributed by atoms with Gasteiger partial charge in [-0.1, -0.05) is 98.6 Å². The zero-order valence-electron chi connectivity index (χ0n) is 20.1. The summed E-state index contributed by atoms with van der Waals surface area (Å²) in [5, 5.41) is 0. The Balaban J connectivity index is 1.57. The maximum Gasteiger partial charge on any atom is 0.0716 e. The molecule has 0 saturated heterocycles. The van der Waals surface area contributed by atoms with Gasteiger partial charge >= 0.3 is 0 Å². The number of hydrogen-bond donors (Lipinski definition) is 0. The van der Waals surface area contributed by atoms with Gasteiger partial charge in [-0.3, -0.25) is 0 Å². The maximum atomic E-state index is 6.00. The lowest BCUT2D eigenvalue weighted by molar-refractivity contribution is 0.117. The Hall–Kier alpha value is -2.64. The van der Waals surface area contributed by atoms with Crippen molar-refractivity contribution in [2.75, 3.05) is 6.61 Å². The lowest BCUT2D eigenvalue weighted by Gasteiger charge is -2.29. The molecule has 172 valence electrons. The molecule has 1 nitrogen and oxygen atoms in total. The Morgan fingerprint density at radius 2 is 1.52 bits per heavy atom. The fourth-order valence-electron chi connectivity index (χ4n) is 5.09. The van der Waals surface area contributed by atoms with Crippen molar-refractivity contribution in [2.45, 2.75) is 64.4 Å². The van der Waals surface area contributed by atoms with E-state index in [2.05, 4.69) is 92.4 Å². The summed E-state index contributed by atoms with van der Waals surface area (Å²) in [4.78, 5) is 0. The third kappa shape index (κ3) is 6.24. The number of hydrogen-bond acceptors (Lipinski definition) is 1. The maximum absolute atomic E-state index is 6.00. The van der Waals surface area contributed by atoms with Gasteiger partial charge in [-0.25, -0.2) is 0 Å². The van der Waals surface area contributed by atoms with Gasteiger partial charge in [0, 0.05) is 6.61 Å². The number of ether oxygens (including phenoxy) is 1. The fourth-order valence-corrected chi connectivity index (χ4v) is 5.09. The van der Waals surface area contributed by atoms with Crippen molar-refractivity contribution in [1.29, 1.82) is 0 Å². The minimum atomic E-state index is 0.616. The molecular formula is C32H38O. The molecule has 0 aromatic heterocycles. The third-order valence-electron chi connectivity index (χ3n) is 7.12. The van der Waals surface area contributed by atoms with Crippen LogP contribution in [0.3, 0.4) is 0 Å². The first-order chi connectivity index (χ1) is 16.3. The second-order valence-corrected chi connectivity index (χ2v) is 9.47. The van der Waals surface area contributed by atoms with Gasteiger partial charge in [0.15, 0.2) is 0 Å². The average Bonchev–Trinajstić information content (AvgIpc) is 2.89. The summed E-state index contributed by atoms with van der Waals surface area (Å²) in [6.45, 7) is 7.84. The van der Waals surface area contributed by atoms with E-state index in [1.165, 1.54) is 71.9 Å². The van der Waals surface area contributed by atoms with Gasteiger partial charge in [0.1, 0.15) is 0 Å². The molecule has 0 radical (unpaired) electrons. The monoisotopic (exact) mass is 438 g/mol. The van der Waals surface area contributed by atoms with E-state index in [1.807, 2.05) is 0 Å². The van der Waals surface area contributed by atoms with Crippen molar-refractivity contribution in [3.8, 4) is 22.3 Å². The molecule has 1 fully saturated rings. The molecule has 3 aromatic rings. The average molecular weight is 439 g/mol. The van der Waals surface area contributed by atoms with E-state index in [-0.39, 0.29) is 0 Å². The van der Waals surface area contributed by atoms with Crippen LogP contribution in [0.2, 0.25) is 0 Å². The Morgan fingerprint density at radius 3 is 2.21 bits per heavy atom. The predicted molar refractivity (Wildman–Crippen MR) is 141 cm³/mol. The van der Waals surface area contributed by atoms with Crippen molar-refractivity contribution in [1.82, 2.24) is 0 Å². The molecule has 0 amide bonds. The largest absolute Gasteiger partial charge is 0.377 e. The molecule has 1 saturated carbocycles. The molecule has 1 heteroatoms. The first kappa shape index (κ1) is 23.5. The first-order valence-electron chi connectivity index (χ1n) is 12.8. The van der Waals surface area contributed by atoms with Crippen LogP contribution in [0.15, 0.2) is 85.5 Å². The topological polar surface area (TPSA) is 9.23 Å². The molecule has 4 rings (SSSR count). The van der Waals surface area contributed by atoms with Crippen LogP contribution < -0.4 is 0 Å². The summed E-state index contributed by atoms with van der Waals surface area (Å²) >= 11 is 0. The molecule has 1 aliphatic rings.